The Bertz CT molecular complexity index is 1230. The molecule has 33 heavy (non-hydrogen) atoms. The Balaban J connectivity index is 1.38. The van der Waals surface area contributed by atoms with E-state index in [1.807, 2.05) is 36.4 Å². The van der Waals surface area contributed by atoms with Crippen molar-refractivity contribution in [3.05, 3.63) is 79.0 Å². The van der Waals surface area contributed by atoms with Crippen molar-refractivity contribution in [2.75, 3.05) is 26.1 Å². The third kappa shape index (κ3) is 5.51. The molecule has 168 valence electrons. The Labute approximate surface area is 191 Å². The summed E-state index contributed by atoms with van der Waals surface area (Å²) >= 11 is 0. The van der Waals surface area contributed by atoms with E-state index >= 15 is 0 Å². The number of hydrogen-bond acceptors (Lipinski definition) is 6. The Hall–Kier alpha value is -4.26. The lowest BCUT2D eigenvalue weighted by Crippen LogP contribution is -2.15. The van der Waals surface area contributed by atoms with E-state index in [0.717, 1.165) is 16.7 Å². The molecule has 7 heteroatoms. The van der Waals surface area contributed by atoms with Crippen LogP contribution in [-0.4, -0.2) is 31.7 Å². The average molecular weight is 444 g/mol. The number of amides is 1. The normalized spacial score (nSPS) is 10.5. The molecular weight excluding hydrogens is 420 g/mol. The highest BCUT2D eigenvalue weighted by atomic mass is 16.5. The predicted molar refractivity (Wildman–Crippen MR) is 127 cm³/mol. The summed E-state index contributed by atoms with van der Waals surface area (Å²) in [6.07, 6.45) is 1.93. The van der Waals surface area contributed by atoms with E-state index in [9.17, 15) is 4.79 Å². The van der Waals surface area contributed by atoms with Gasteiger partial charge in [0.05, 0.1) is 32.8 Å². The van der Waals surface area contributed by atoms with Crippen LogP contribution in [-0.2, 0) is 4.79 Å². The number of carbonyl (C=O) groups is 1. The summed E-state index contributed by atoms with van der Waals surface area (Å²) in [5.74, 6) is 3.08. The van der Waals surface area contributed by atoms with E-state index in [4.69, 9.17) is 18.9 Å². The Morgan fingerprint density at radius 3 is 2.30 bits per heavy atom. The summed E-state index contributed by atoms with van der Waals surface area (Å²) in [5.41, 5.74) is 1.41. The number of para-hydroxylation sites is 1. The maximum absolute atomic E-state index is 12.2. The molecule has 4 aromatic rings. The molecule has 1 heterocycles. The molecule has 1 aromatic heterocycles. The molecule has 0 saturated carbocycles. The molecular formula is C26H24N2O5. The smallest absolute Gasteiger partial charge is 0.227 e. The van der Waals surface area contributed by atoms with Crippen LogP contribution in [0.5, 0.6) is 28.7 Å². The van der Waals surface area contributed by atoms with E-state index in [0.29, 0.717) is 35.3 Å². The monoisotopic (exact) mass is 444 g/mol. The van der Waals surface area contributed by atoms with Gasteiger partial charge in [-0.15, -0.1) is 0 Å². The molecule has 0 unspecified atom stereocenters. The van der Waals surface area contributed by atoms with Gasteiger partial charge in [-0.25, -0.2) is 0 Å². The molecule has 0 saturated heterocycles. The number of rotatable bonds is 9. The highest BCUT2D eigenvalue weighted by molar-refractivity contribution is 5.91. The van der Waals surface area contributed by atoms with E-state index in [2.05, 4.69) is 10.3 Å². The number of pyridine rings is 1. The fourth-order valence-corrected chi connectivity index (χ4v) is 3.27. The lowest BCUT2D eigenvalue weighted by atomic mass is 10.2. The van der Waals surface area contributed by atoms with Crippen molar-refractivity contribution in [3.8, 4) is 28.7 Å². The molecule has 7 nitrogen and oxygen atoms in total. The maximum Gasteiger partial charge on any atom is 0.227 e. The number of nitrogens with one attached hydrogen (secondary N) is 1. The number of fused-ring (bicyclic) bond motifs is 1. The van der Waals surface area contributed by atoms with Crippen molar-refractivity contribution in [1.29, 1.82) is 0 Å². The number of anilines is 1. The predicted octanol–water partition coefficient (Wildman–Crippen LogP) is 5.45. The first kappa shape index (κ1) is 22.0. The van der Waals surface area contributed by atoms with Crippen molar-refractivity contribution in [2.24, 2.45) is 0 Å². The van der Waals surface area contributed by atoms with Gasteiger partial charge in [-0.3, -0.25) is 9.78 Å². The van der Waals surface area contributed by atoms with Crippen molar-refractivity contribution >= 4 is 22.5 Å². The second-order valence-electron chi connectivity index (χ2n) is 7.12. The van der Waals surface area contributed by atoms with Crippen molar-refractivity contribution in [1.82, 2.24) is 4.98 Å². The quantitative estimate of drug-likeness (QED) is 0.370. The number of ether oxygens (including phenoxy) is 4. The van der Waals surface area contributed by atoms with Crippen LogP contribution in [0, 0.1) is 0 Å². The second-order valence-corrected chi connectivity index (χ2v) is 7.12. The summed E-state index contributed by atoms with van der Waals surface area (Å²) < 4.78 is 22.4. The van der Waals surface area contributed by atoms with Crippen LogP contribution in [0.15, 0.2) is 79.0 Å². The number of carbonyl (C=O) groups excluding carboxylic acids is 1. The topological polar surface area (TPSA) is 78.9 Å². The second kappa shape index (κ2) is 10.4. The lowest BCUT2D eigenvalue weighted by molar-refractivity contribution is -0.116. The molecule has 3 aromatic carbocycles. The van der Waals surface area contributed by atoms with Crippen LogP contribution in [0.25, 0.3) is 10.9 Å². The third-order valence-corrected chi connectivity index (χ3v) is 4.91. The van der Waals surface area contributed by atoms with Crippen LogP contribution >= 0.6 is 0 Å². The molecule has 0 aliphatic heterocycles. The number of aromatic nitrogens is 1. The summed E-state index contributed by atoms with van der Waals surface area (Å²) in [6.45, 7) is 0.306. The molecule has 1 N–H and O–H groups in total. The summed E-state index contributed by atoms with van der Waals surface area (Å²) in [6, 6.07) is 22.0. The molecule has 0 bridgehead atoms. The van der Waals surface area contributed by atoms with E-state index in [1.54, 1.807) is 56.8 Å². The number of methoxy groups -OCH3 is 2. The minimum absolute atomic E-state index is 0.124. The van der Waals surface area contributed by atoms with Gasteiger partial charge in [0.1, 0.15) is 17.2 Å². The molecule has 0 fully saturated rings. The van der Waals surface area contributed by atoms with Gasteiger partial charge < -0.3 is 24.3 Å². The first-order valence-corrected chi connectivity index (χ1v) is 10.4. The van der Waals surface area contributed by atoms with Crippen LogP contribution in [0.2, 0.25) is 0 Å². The van der Waals surface area contributed by atoms with Gasteiger partial charge in [0.15, 0.2) is 11.5 Å². The van der Waals surface area contributed by atoms with E-state index < -0.39 is 0 Å². The molecule has 0 radical (unpaired) electrons. The van der Waals surface area contributed by atoms with Gasteiger partial charge >= 0.3 is 0 Å². The first-order chi connectivity index (χ1) is 16.2. The zero-order valence-electron chi connectivity index (χ0n) is 18.4. The van der Waals surface area contributed by atoms with Gasteiger partial charge in [-0.05, 0) is 48.5 Å². The number of nitrogens with zero attached hydrogens (tertiary/aromatic N) is 1. The van der Waals surface area contributed by atoms with E-state index in [1.165, 1.54) is 0 Å². The van der Waals surface area contributed by atoms with Crippen molar-refractivity contribution < 1.29 is 23.7 Å². The zero-order chi connectivity index (χ0) is 23.0. The SMILES string of the molecule is COc1cc2nccc(Oc3ccc(NC(=O)CCOc4ccccc4)cc3)c2cc1OC. The molecule has 0 spiro atoms. The molecule has 0 aliphatic rings. The van der Waals surface area contributed by atoms with Gasteiger partial charge in [0.2, 0.25) is 5.91 Å². The van der Waals surface area contributed by atoms with Gasteiger partial charge in [-0.2, -0.15) is 0 Å². The summed E-state index contributed by atoms with van der Waals surface area (Å²) in [4.78, 5) is 16.6. The minimum Gasteiger partial charge on any atom is -0.493 e. The van der Waals surface area contributed by atoms with E-state index in [-0.39, 0.29) is 12.3 Å². The first-order valence-electron chi connectivity index (χ1n) is 10.4. The van der Waals surface area contributed by atoms with Gasteiger partial charge in [0.25, 0.3) is 0 Å². The summed E-state index contributed by atoms with van der Waals surface area (Å²) in [7, 11) is 3.17. The van der Waals surface area contributed by atoms with Gasteiger partial charge in [0, 0.05) is 23.3 Å². The van der Waals surface area contributed by atoms with Crippen molar-refractivity contribution in [2.45, 2.75) is 6.42 Å². The number of hydrogen-bond donors (Lipinski definition) is 1. The fourth-order valence-electron chi connectivity index (χ4n) is 3.27. The molecule has 0 aliphatic carbocycles. The molecule has 1 amide bonds. The van der Waals surface area contributed by atoms with Gasteiger partial charge in [-0.1, -0.05) is 18.2 Å². The highest BCUT2D eigenvalue weighted by Crippen LogP contribution is 2.36. The standard InChI is InChI=1S/C26H24N2O5/c1-30-24-16-21-22(17-25(24)31-2)27-14-12-23(21)33-20-10-8-18(9-11-20)28-26(29)13-15-32-19-6-4-3-5-7-19/h3-12,14,16-17H,13,15H2,1-2H3,(H,28,29). The number of benzene rings is 3. The Morgan fingerprint density at radius 1 is 0.848 bits per heavy atom. The van der Waals surface area contributed by atoms with Crippen LogP contribution in [0.1, 0.15) is 6.42 Å². The molecule has 0 atom stereocenters. The maximum atomic E-state index is 12.2. The minimum atomic E-state index is -0.124. The summed E-state index contributed by atoms with van der Waals surface area (Å²) in [5, 5.41) is 3.66. The Morgan fingerprint density at radius 2 is 1.58 bits per heavy atom. The third-order valence-electron chi connectivity index (χ3n) is 4.91. The highest BCUT2D eigenvalue weighted by Gasteiger charge is 2.11. The van der Waals surface area contributed by atoms with Crippen molar-refractivity contribution in [3.63, 3.8) is 0 Å². The zero-order valence-corrected chi connectivity index (χ0v) is 18.4. The van der Waals surface area contributed by atoms with Crippen LogP contribution < -0.4 is 24.3 Å². The lowest BCUT2D eigenvalue weighted by Gasteiger charge is -2.13. The van der Waals surface area contributed by atoms with Crippen LogP contribution in [0.3, 0.4) is 0 Å². The fraction of sp³-hybridized carbons (Fsp3) is 0.154. The largest absolute Gasteiger partial charge is 0.493 e. The Kier molecular flexibility index (Phi) is 6.90. The molecule has 4 rings (SSSR count). The average Bonchev–Trinajstić information content (AvgIpc) is 2.85. The van der Waals surface area contributed by atoms with Crippen LogP contribution in [0.4, 0.5) is 5.69 Å².